The molecule has 2 N–H and O–H groups in total. The number of benzene rings is 1. The molecule has 0 saturated heterocycles. The Labute approximate surface area is 146 Å². The highest BCUT2D eigenvalue weighted by atomic mass is 127. The second kappa shape index (κ2) is 10.3. The van der Waals surface area contributed by atoms with Crippen LogP contribution < -0.4 is 10.5 Å². The van der Waals surface area contributed by atoms with E-state index in [9.17, 15) is 0 Å². The van der Waals surface area contributed by atoms with E-state index in [2.05, 4.69) is 34.8 Å². The number of hydrogen-bond donors (Lipinski definition) is 1. The summed E-state index contributed by atoms with van der Waals surface area (Å²) in [5, 5.41) is 0. The molecule has 0 heterocycles. The molecule has 6 heteroatoms. The normalized spacial score (nSPS) is 12.5. The summed E-state index contributed by atoms with van der Waals surface area (Å²) in [4.78, 5) is 6.39. The highest BCUT2D eigenvalue weighted by molar-refractivity contribution is 14.0. The molecular weight excluding hydrogens is 433 g/mol. The number of ether oxygens (including phenoxy) is 1. The van der Waals surface area contributed by atoms with Crippen LogP contribution in [0.25, 0.3) is 0 Å². The third kappa shape index (κ3) is 6.30. The Morgan fingerprint density at radius 2 is 1.95 bits per heavy atom. The lowest BCUT2D eigenvalue weighted by Crippen LogP contribution is -2.37. The SMILES string of the molecule is CCN(CC)C(N)=NCC(C)Oc1ccccc1Br.I. The van der Waals surface area contributed by atoms with Gasteiger partial charge in [0.05, 0.1) is 11.0 Å². The van der Waals surface area contributed by atoms with Gasteiger partial charge in [0.25, 0.3) is 0 Å². The van der Waals surface area contributed by atoms with Crippen LogP contribution in [0.4, 0.5) is 0 Å². The highest BCUT2D eigenvalue weighted by Crippen LogP contribution is 2.24. The van der Waals surface area contributed by atoms with Crippen molar-refractivity contribution in [2.75, 3.05) is 19.6 Å². The first-order chi connectivity index (χ1) is 9.08. The zero-order chi connectivity index (χ0) is 14.3. The largest absolute Gasteiger partial charge is 0.488 e. The zero-order valence-electron chi connectivity index (χ0n) is 12.2. The Kier molecular flexibility index (Phi) is 10.0. The van der Waals surface area contributed by atoms with Crippen LogP contribution in [0, 0.1) is 0 Å². The van der Waals surface area contributed by atoms with Gasteiger partial charge in [0.1, 0.15) is 11.9 Å². The lowest BCUT2D eigenvalue weighted by molar-refractivity contribution is 0.228. The van der Waals surface area contributed by atoms with E-state index in [4.69, 9.17) is 10.5 Å². The van der Waals surface area contributed by atoms with Gasteiger partial charge in [-0.15, -0.1) is 24.0 Å². The van der Waals surface area contributed by atoms with Crippen molar-refractivity contribution in [2.45, 2.75) is 26.9 Å². The summed E-state index contributed by atoms with van der Waals surface area (Å²) < 4.78 is 6.76. The van der Waals surface area contributed by atoms with Crippen molar-refractivity contribution in [2.24, 2.45) is 10.7 Å². The Morgan fingerprint density at radius 1 is 1.35 bits per heavy atom. The summed E-state index contributed by atoms with van der Waals surface area (Å²) in [7, 11) is 0. The molecular formula is C14H23BrIN3O. The number of nitrogens with zero attached hydrogens (tertiary/aromatic N) is 2. The Hall–Kier alpha value is -0.500. The maximum Gasteiger partial charge on any atom is 0.191 e. The first kappa shape index (κ1) is 19.5. The maximum absolute atomic E-state index is 5.92. The number of aliphatic imine (C=N–C) groups is 1. The summed E-state index contributed by atoms with van der Waals surface area (Å²) in [6.07, 6.45) is -0.0205. The van der Waals surface area contributed by atoms with Crippen LogP contribution in [-0.4, -0.2) is 36.6 Å². The number of nitrogens with two attached hydrogens (primary N) is 1. The van der Waals surface area contributed by atoms with E-state index in [0.717, 1.165) is 23.3 Å². The van der Waals surface area contributed by atoms with Crippen molar-refractivity contribution in [1.82, 2.24) is 4.90 Å². The van der Waals surface area contributed by atoms with Crippen LogP contribution in [0.2, 0.25) is 0 Å². The molecule has 1 aromatic rings. The number of halogens is 2. The van der Waals surface area contributed by atoms with Gasteiger partial charge in [0.2, 0.25) is 0 Å². The summed E-state index contributed by atoms with van der Waals surface area (Å²) >= 11 is 3.46. The molecule has 1 atom stereocenters. The van der Waals surface area contributed by atoms with E-state index in [1.165, 1.54) is 0 Å². The van der Waals surface area contributed by atoms with E-state index in [1.807, 2.05) is 36.1 Å². The number of hydrogen-bond acceptors (Lipinski definition) is 2. The molecule has 4 nitrogen and oxygen atoms in total. The molecule has 0 aliphatic carbocycles. The first-order valence-electron chi connectivity index (χ1n) is 6.54. The number of rotatable bonds is 6. The molecule has 0 aliphatic heterocycles. The van der Waals surface area contributed by atoms with Gasteiger partial charge in [-0.25, -0.2) is 4.99 Å². The van der Waals surface area contributed by atoms with E-state index in [0.29, 0.717) is 12.5 Å². The van der Waals surface area contributed by atoms with Crippen LogP contribution >= 0.6 is 39.9 Å². The van der Waals surface area contributed by atoms with Crippen molar-refractivity contribution >= 4 is 45.9 Å². The topological polar surface area (TPSA) is 50.8 Å². The average molecular weight is 456 g/mol. The molecule has 1 aromatic carbocycles. The van der Waals surface area contributed by atoms with Crippen molar-refractivity contribution in [3.63, 3.8) is 0 Å². The van der Waals surface area contributed by atoms with Gasteiger partial charge in [-0.2, -0.15) is 0 Å². The molecule has 0 bridgehead atoms. The van der Waals surface area contributed by atoms with E-state index >= 15 is 0 Å². The smallest absolute Gasteiger partial charge is 0.191 e. The lowest BCUT2D eigenvalue weighted by Gasteiger charge is -2.20. The Morgan fingerprint density at radius 3 is 2.50 bits per heavy atom. The van der Waals surface area contributed by atoms with Gasteiger partial charge in [0.15, 0.2) is 5.96 Å². The van der Waals surface area contributed by atoms with E-state index < -0.39 is 0 Å². The van der Waals surface area contributed by atoms with Crippen LogP contribution in [0.5, 0.6) is 5.75 Å². The fourth-order valence-corrected chi connectivity index (χ4v) is 2.04. The monoisotopic (exact) mass is 455 g/mol. The van der Waals surface area contributed by atoms with Crippen LogP contribution in [0.1, 0.15) is 20.8 Å². The van der Waals surface area contributed by atoms with Gasteiger partial charge in [-0.1, -0.05) is 12.1 Å². The van der Waals surface area contributed by atoms with Crippen molar-refractivity contribution in [3.8, 4) is 5.75 Å². The second-order valence-corrected chi connectivity index (χ2v) is 5.08. The summed E-state index contributed by atoms with van der Waals surface area (Å²) in [5.74, 6) is 1.40. The van der Waals surface area contributed by atoms with E-state index in [1.54, 1.807) is 0 Å². The average Bonchev–Trinajstić information content (AvgIpc) is 2.40. The molecule has 0 aromatic heterocycles. The third-order valence-electron chi connectivity index (χ3n) is 2.76. The minimum Gasteiger partial charge on any atom is -0.488 e. The molecule has 0 amide bonds. The standard InChI is InChI=1S/C14H22BrN3O.HI/c1-4-18(5-2)14(16)17-10-11(3)19-13-9-7-6-8-12(13)15;/h6-9,11H,4-5,10H2,1-3H3,(H2,16,17);1H. The van der Waals surface area contributed by atoms with Crippen molar-refractivity contribution < 1.29 is 4.74 Å². The summed E-state index contributed by atoms with van der Waals surface area (Å²) in [6.45, 7) is 8.39. The molecule has 114 valence electrons. The quantitative estimate of drug-likeness (QED) is 0.405. The second-order valence-electron chi connectivity index (χ2n) is 4.23. The molecule has 20 heavy (non-hydrogen) atoms. The van der Waals surface area contributed by atoms with Gasteiger partial charge in [-0.05, 0) is 48.8 Å². The Balaban J connectivity index is 0.00000361. The fraction of sp³-hybridized carbons (Fsp3) is 0.500. The minimum absolute atomic E-state index is 0. The molecule has 0 fully saturated rings. The van der Waals surface area contributed by atoms with Gasteiger partial charge in [-0.3, -0.25) is 0 Å². The highest BCUT2D eigenvalue weighted by Gasteiger charge is 2.07. The van der Waals surface area contributed by atoms with Crippen molar-refractivity contribution in [1.29, 1.82) is 0 Å². The van der Waals surface area contributed by atoms with Crippen LogP contribution in [0.3, 0.4) is 0 Å². The predicted molar refractivity (Wildman–Crippen MR) is 99.1 cm³/mol. The van der Waals surface area contributed by atoms with Crippen LogP contribution in [-0.2, 0) is 0 Å². The molecule has 1 rings (SSSR count). The van der Waals surface area contributed by atoms with Gasteiger partial charge in [0, 0.05) is 13.1 Å². The van der Waals surface area contributed by atoms with Crippen molar-refractivity contribution in [3.05, 3.63) is 28.7 Å². The molecule has 0 spiro atoms. The first-order valence-corrected chi connectivity index (χ1v) is 7.33. The van der Waals surface area contributed by atoms with Gasteiger partial charge >= 0.3 is 0 Å². The fourth-order valence-electron chi connectivity index (χ4n) is 1.66. The predicted octanol–water partition coefficient (Wildman–Crippen LogP) is 3.49. The Bertz CT molecular complexity index is 425. The number of para-hydroxylation sites is 1. The summed E-state index contributed by atoms with van der Waals surface area (Å²) in [6, 6.07) is 7.78. The number of guanidine groups is 1. The molecule has 0 radical (unpaired) electrons. The molecule has 0 saturated carbocycles. The van der Waals surface area contributed by atoms with Gasteiger partial charge < -0.3 is 15.4 Å². The third-order valence-corrected chi connectivity index (χ3v) is 3.42. The lowest BCUT2D eigenvalue weighted by atomic mass is 10.3. The summed E-state index contributed by atoms with van der Waals surface area (Å²) in [5.41, 5.74) is 5.92. The molecule has 0 aliphatic rings. The van der Waals surface area contributed by atoms with E-state index in [-0.39, 0.29) is 30.1 Å². The zero-order valence-corrected chi connectivity index (χ0v) is 16.1. The maximum atomic E-state index is 5.92. The molecule has 1 unspecified atom stereocenters. The minimum atomic E-state index is -0.0205. The van der Waals surface area contributed by atoms with Crippen LogP contribution in [0.15, 0.2) is 33.7 Å².